The van der Waals surface area contributed by atoms with E-state index in [4.69, 9.17) is 0 Å². The maximum Gasteiger partial charge on any atom is 0.234 e. The van der Waals surface area contributed by atoms with Crippen LogP contribution in [-0.4, -0.2) is 26.4 Å². The molecule has 2 aromatic rings. The monoisotopic (exact) mass is 262 g/mol. The first kappa shape index (κ1) is 12.6. The number of hydrogen-bond acceptors (Lipinski definition) is 4. The highest BCUT2D eigenvalue weighted by Crippen LogP contribution is 2.14. The quantitative estimate of drug-likeness (QED) is 0.854. The van der Waals surface area contributed by atoms with Gasteiger partial charge in [-0.2, -0.15) is 0 Å². The van der Waals surface area contributed by atoms with Crippen molar-refractivity contribution in [3.05, 3.63) is 36.2 Å². The van der Waals surface area contributed by atoms with Crippen LogP contribution in [0, 0.1) is 6.92 Å². The van der Waals surface area contributed by atoms with Crippen molar-refractivity contribution in [2.75, 3.05) is 11.1 Å². The van der Waals surface area contributed by atoms with Crippen molar-refractivity contribution in [2.45, 2.75) is 12.1 Å². The van der Waals surface area contributed by atoms with Crippen LogP contribution in [0.4, 0.5) is 5.69 Å². The van der Waals surface area contributed by atoms with Crippen LogP contribution in [0.1, 0.15) is 5.56 Å². The SMILES string of the molecule is Cc1ccc(NC(=O)CSc2nncn2C)cc1. The minimum atomic E-state index is -0.0492. The summed E-state index contributed by atoms with van der Waals surface area (Å²) in [4.78, 5) is 11.7. The molecular weight excluding hydrogens is 248 g/mol. The summed E-state index contributed by atoms with van der Waals surface area (Å²) in [6, 6.07) is 7.71. The molecule has 0 aliphatic heterocycles. The number of carbonyl (C=O) groups excluding carboxylic acids is 1. The summed E-state index contributed by atoms with van der Waals surface area (Å²) in [6.45, 7) is 2.01. The second-order valence-corrected chi connectivity index (χ2v) is 4.87. The van der Waals surface area contributed by atoms with E-state index in [0.717, 1.165) is 10.8 Å². The summed E-state index contributed by atoms with van der Waals surface area (Å²) in [5, 5.41) is 11.2. The molecule has 1 N–H and O–H groups in total. The minimum absolute atomic E-state index is 0.0492. The summed E-state index contributed by atoms with van der Waals surface area (Å²) in [7, 11) is 1.85. The van der Waals surface area contributed by atoms with Crippen molar-refractivity contribution in [2.24, 2.45) is 7.05 Å². The van der Waals surface area contributed by atoms with Gasteiger partial charge in [-0.05, 0) is 19.1 Å². The maximum absolute atomic E-state index is 11.7. The predicted octanol–water partition coefficient (Wildman–Crippen LogP) is 1.85. The van der Waals surface area contributed by atoms with Gasteiger partial charge in [-0.25, -0.2) is 0 Å². The zero-order valence-corrected chi connectivity index (χ0v) is 11.1. The number of benzene rings is 1. The van der Waals surface area contributed by atoms with Gasteiger partial charge in [0.25, 0.3) is 0 Å². The highest BCUT2D eigenvalue weighted by Gasteiger charge is 2.06. The Hall–Kier alpha value is -1.82. The van der Waals surface area contributed by atoms with Crippen LogP contribution < -0.4 is 5.32 Å². The fourth-order valence-corrected chi connectivity index (χ4v) is 2.06. The minimum Gasteiger partial charge on any atom is -0.325 e. The smallest absolute Gasteiger partial charge is 0.234 e. The lowest BCUT2D eigenvalue weighted by Gasteiger charge is -2.05. The molecule has 0 aliphatic carbocycles. The molecule has 0 spiro atoms. The Labute approximate surface area is 110 Å². The van der Waals surface area contributed by atoms with Crippen molar-refractivity contribution >= 4 is 23.4 Å². The van der Waals surface area contributed by atoms with E-state index >= 15 is 0 Å². The van der Waals surface area contributed by atoms with Crippen LogP contribution in [0.3, 0.4) is 0 Å². The zero-order chi connectivity index (χ0) is 13.0. The van der Waals surface area contributed by atoms with Crippen molar-refractivity contribution in [3.8, 4) is 0 Å². The van der Waals surface area contributed by atoms with Crippen LogP contribution in [0.2, 0.25) is 0 Å². The fourth-order valence-electron chi connectivity index (χ4n) is 1.37. The number of anilines is 1. The van der Waals surface area contributed by atoms with Crippen molar-refractivity contribution in [1.29, 1.82) is 0 Å². The lowest BCUT2D eigenvalue weighted by Crippen LogP contribution is -2.14. The summed E-state index contributed by atoms with van der Waals surface area (Å²) in [5.74, 6) is 0.271. The number of nitrogens with one attached hydrogen (secondary N) is 1. The Morgan fingerprint density at radius 3 is 2.72 bits per heavy atom. The van der Waals surface area contributed by atoms with Gasteiger partial charge in [0.05, 0.1) is 5.75 Å². The summed E-state index contributed by atoms with van der Waals surface area (Å²) in [6.07, 6.45) is 1.61. The number of aryl methyl sites for hydroxylation is 2. The molecular formula is C12H14N4OS. The van der Waals surface area contributed by atoms with Gasteiger partial charge < -0.3 is 9.88 Å². The molecule has 0 aliphatic rings. The Kier molecular flexibility index (Phi) is 3.99. The highest BCUT2D eigenvalue weighted by molar-refractivity contribution is 7.99. The maximum atomic E-state index is 11.7. The van der Waals surface area contributed by atoms with Gasteiger partial charge >= 0.3 is 0 Å². The van der Waals surface area contributed by atoms with E-state index in [1.54, 1.807) is 10.9 Å². The molecule has 2 rings (SSSR count). The lowest BCUT2D eigenvalue weighted by atomic mass is 10.2. The molecule has 1 aromatic carbocycles. The molecule has 0 atom stereocenters. The van der Waals surface area contributed by atoms with Crippen molar-refractivity contribution in [3.63, 3.8) is 0 Å². The average molecular weight is 262 g/mol. The lowest BCUT2D eigenvalue weighted by molar-refractivity contribution is -0.113. The molecule has 0 unspecified atom stereocenters. The molecule has 0 fully saturated rings. The average Bonchev–Trinajstić information content (AvgIpc) is 2.75. The molecule has 1 aromatic heterocycles. The number of thioether (sulfide) groups is 1. The third kappa shape index (κ3) is 3.33. The number of hydrogen-bond donors (Lipinski definition) is 1. The number of amides is 1. The number of aromatic nitrogens is 3. The second-order valence-electron chi connectivity index (χ2n) is 3.93. The summed E-state index contributed by atoms with van der Waals surface area (Å²) >= 11 is 1.36. The molecule has 1 heterocycles. The van der Waals surface area contributed by atoms with E-state index in [-0.39, 0.29) is 5.91 Å². The third-order valence-electron chi connectivity index (χ3n) is 2.34. The van der Waals surface area contributed by atoms with Crippen LogP contribution in [-0.2, 0) is 11.8 Å². The van der Waals surface area contributed by atoms with Crippen LogP contribution in [0.5, 0.6) is 0 Å². The third-order valence-corrected chi connectivity index (χ3v) is 3.37. The number of rotatable bonds is 4. The van der Waals surface area contributed by atoms with Gasteiger partial charge in [0.2, 0.25) is 5.91 Å². The second kappa shape index (κ2) is 5.68. The van der Waals surface area contributed by atoms with Gasteiger partial charge in [0.15, 0.2) is 5.16 Å². The van der Waals surface area contributed by atoms with Crippen molar-refractivity contribution in [1.82, 2.24) is 14.8 Å². The normalized spacial score (nSPS) is 10.3. The van der Waals surface area contributed by atoms with E-state index in [1.807, 2.05) is 38.2 Å². The van der Waals surface area contributed by atoms with Gasteiger partial charge in [-0.15, -0.1) is 10.2 Å². The summed E-state index contributed by atoms with van der Waals surface area (Å²) < 4.78 is 1.78. The van der Waals surface area contributed by atoms with Crippen molar-refractivity contribution < 1.29 is 4.79 Å². The largest absolute Gasteiger partial charge is 0.325 e. The molecule has 0 saturated carbocycles. The Bertz CT molecular complexity index is 535. The number of nitrogens with zero attached hydrogens (tertiary/aromatic N) is 3. The molecule has 6 heteroatoms. The number of carbonyl (C=O) groups is 1. The van der Waals surface area contributed by atoms with E-state index in [9.17, 15) is 4.79 Å². The summed E-state index contributed by atoms with van der Waals surface area (Å²) in [5.41, 5.74) is 1.98. The van der Waals surface area contributed by atoms with E-state index in [0.29, 0.717) is 5.75 Å². The highest BCUT2D eigenvalue weighted by atomic mass is 32.2. The topological polar surface area (TPSA) is 59.8 Å². The Morgan fingerprint density at radius 2 is 2.11 bits per heavy atom. The van der Waals surface area contributed by atoms with Crippen LogP contribution in [0.25, 0.3) is 0 Å². The zero-order valence-electron chi connectivity index (χ0n) is 10.3. The van der Waals surface area contributed by atoms with Gasteiger partial charge in [0.1, 0.15) is 6.33 Å². The first-order chi connectivity index (χ1) is 8.65. The molecule has 0 saturated heterocycles. The predicted molar refractivity (Wildman–Crippen MR) is 71.5 cm³/mol. The molecule has 5 nitrogen and oxygen atoms in total. The van der Waals surface area contributed by atoms with E-state index in [2.05, 4.69) is 15.5 Å². The fraction of sp³-hybridized carbons (Fsp3) is 0.250. The Balaban J connectivity index is 1.86. The first-order valence-corrected chi connectivity index (χ1v) is 6.47. The molecule has 94 valence electrons. The van der Waals surface area contributed by atoms with Gasteiger partial charge in [-0.3, -0.25) is 4.79 Å². The van der Waals surface area contributed by atoms with E-state index < -0.39 is 0 Å². The molecule has 0 bridgehead atoms. The van der Waals surface area contributed by atoms with E-state index in [1.165, 1.54) is 17.3 Å². The standard InChI is InChI=1S/C12H14N4OS/c1-9-3-5-10(6-4-9)14-11(17)7-18-12-15-13-8-16(12)2/h3-6,8H,7H2,1-2H3,(H,14,17). The Morgan fingerprint density at radius 1 is 1.39 bits per heavy atom. The van der Waals surface area contributed by atoms with Gasteiger partial charge in [0, 0.05) is 12.7 Å². The molecule has 0 radical (unpaired) electrons. The van der Waals surface area contributed by atoms with Crippen LogP contribution >= 0.6 is 11.8 Å². The first-order valence-electron chi connectivity index (χ1n) is 5.48. The van der Waals surface area contributed by atoms with Crippen LogP contribution in [0.15, 0.2) is 35.7 Å². The van der Waals surface area contributed by atoms with Gasteiger partial charge in [-0.1, -0.05) is 29.5 Å². The molecule has 1 amide bonds. The molecule has 18 heavy (non-hydrogen) atoms.